The molecule has 0 fully saturated rings. The van der Waals surface area contributed by atoms with Gasteiger partial charge in [0.25, 0.3) is 11.5 Å². The molecule has 0 saturated carbocycles. The summed E-state index contributed by atoms with van der Waals surface area (Å²) in [5, 5.41) is 6.27. The monoisotopic (exact) mass is 390 g/mol. The van der Waals surface area contributed by atoms with E-state index in [0.717, 1.165) is 18.6 Å². The number of oxime groups is 1. The van der Waals surface area contributed by atoms with Crippen LogP contribution in [0.1, 0.15) is 30.0 Å². The van der Waals surface area contributed by atoms with Crippen LogP contribution in [0, 0.1) is 0 Å². The Morgan fingerprint density at radius 2 is 1.75 bits per heavy atom. The molecule has 5 nitrogen and oxygen atoms in total. The molecule has 0 aromatic heterocycles. The highest BCUT2D eigenvalue weighted by molar-refractivity contribution is 6.16. The number of Topliss-reactive ketones (excluding diaryl/α,β-unsaturated/α-hetero) is 1. The van der Waals surface area contributed by atoms with Crippen molar-refractivity contribution < 1.29 is 27.6 Å². The number of hydrogen-bond acceptors (Lipinski definition) is 4. The van der Waals surface area contributed by atoms with Crippen molar-refractivity contribution in [3.8, 4) is 0 Å². The van der Waals surface area contributed by atoms with Gasteiger partial charge in [-0.3, -0.25) is 9.59 Å². The SMILES string of the molecule is CC(=O)C1(C(=O)NCc2ccccc2)CC(c2ccccc2C(F)(F)F)=NO1. The number of nitrogens with zero attached hydrogens (tertiary/aromatic N) is 1. The number of alkyl halides is 3. The molecule has 1 aliphatic heterocycles. The fourth-order valence-electron chi connectivity index (χ4n) is 2.95. The van der Waals surface area contributed by atoms with Crippen molar-refractivity contribution >= 4 is 17.4 Å². The third-order valence-corrected chi connectivity index (χ3v) is 4.50. The van der Waals surface area contributed by atoms with E-state index in [0.29, 0.717) is 0 Å². The molecular weight excluding hydrogens is 373 g/mol. The molecule has 0 spiro atoms. The van der Waals surface area contributed by atoms with Crippen LogP contribution in [0.25, 0.3) is 0 Å². The molecule has 2 aromatic rings. The number of halogens is 3. The van der Waals surface area contributed by atoms with E-state index in [1.165, 1.54) is 18.2 Å². The van der Waals surface area contributed by atoms with Crippen LogP contribution in [0.3, 0.4) is 0 Å². The average molecular weight is 390 g/mol. The first-order chi connectivity index (χ1) is 13.2. The molecule has 1 amide bonds. The molecule has 0 saturated heterocycles. The van der Waals surface area contributed by atoms with Crippen molar-refractivity contribution in [2.45, 2.75) is 31.7 Å². The molecule has 1 unspecified atom stereocenters. The van der Waals surface area contributed by atoms with Crippen LogP contribution in [0.5, 0.6) is 0 Å². The number of nitrogens with one attached hydrogen (secondary N) is 1. The summed E-state index contributed by atoms with van der Waals surface area (Å²) in [7, 11) is 0. The molecule has 146 valence electrons. The minimum atomic E-state index is -4.60. The summed E-state index contributed by atoms with van der Waals surface area (Å²) < 4.78 is 39.8. The summed E-state index contributed by atoms with van der Waals surface area (Å²) in [6.07, 6.45) is -4.98. The van der Waals surface area contributed by atoms with Crippen molar-refractivity contribution in [2.75, 3.05) is 0 Å². The summed E-state index contributed by atoms with van der Waals surface area (Å²) in [6, 6.07) is 13.8. The molecule has 2 aromatic carbocycles. The first-order valence-electron chi connectivity index (χ1n) is 8.49. The Balaban J connectivity index is 1.82. The van der Waals surface area contributed by atoms with Crippen LogP contribution >= 0.6 is 0 Å². The van der Waals surface area contributed by atoms with Gasteiger partial charge < -0.3 is 10.2 Å². The highest BCUT2D eigenvalue weighted by atomic mass is 19.4. The molecule has 28 heavy (non-hydrogen) atoms. The third-order valence-electron chi connectivity index (χ3n) is 4.50. The molecule has 1 heterocycles. The summed E-state index contributed by atoms with van der Waals surface area (Å²) in [4.78, 5) is 30.0. The molecule has 0 radical (unpaired) electrons. The lowest BCUT2D eigenvalue weighted by atomic mass is 9.88. The Bertz CT molecular complexity index is 926. The van der Waals surface area contributed by atoms with Gasteiger partial charge in [-0.15, -0.1) is 0 Å². The van der Waals surface area contributed by atoms with Gasteiger partial charge in [-0.25, -0.2) is 0 Å². The summed E-state index contributed by atoms with van der Waals surface area (Å²) in [5.74, 6) is -1.38. The minimum Gasteiger partial charge on any atom is -0.370 e. The number of carbonyl (C=O) groups is 2. The number of benzene rings is 2. The van der Waals surface area contributed by atoms with Gasteiger partial charge in [0.2, 0.25) is 0 Å². The van der Waals surface area contributed by atoms with Gasteiger partial charge in [0.1, 0.15) is 0 Å². The maximum absolute atomic E-state index is 13.3. The average Bonchev–Trinajstić information content (AvgIpc) is 3.13. The van der Waals surface area contributed by atoms with Crippen LogP contribution in [-0.4, -0.2) is 23.0 Å². The van der Waals surface area contributed by atoms with E-state index in [1.54, 1.807) is 24.3 Å². The highest BCUT2D eigenvalue weighted by Gasteiger charge is 2.52. The lowest BCUT2D eigenvalue weighted by molar-refractivity contribution is -0.155. The third kappa shape index (κ3) is 3.76. The highest BCUT2D eigenvalue weighted by Crippen LogP contribution is 2.36. The quantitative estimate of drug-likeness (QED) is 0.795. The summed E-state index contributed by atoms with van der Waals surface area (Å²) >= 11 is 0. The summed E-state index contributed by atoms with van der Waals surface area (Å²) in [6.45, 7) is 1.29. The molecular formula is C20H17F3N2O3. The predicted octanol–water partition coefficient (Wildman–Crippen LogP) is 3.47. The smallest absolute Gasteiger partial charge is 0.370 e. The Labute approximate surface area is 159 Å². The largest absolute Gasteiger partial charge is 0.417 e. The van der Waals surface area contributed by atoms with Crippen molar-refractivity contribution in [2.24, 2.45) is 5.16 Å². The van der Waals surface area contributed by atoms with E-state index in [-0.39, 0.29) is 24.2 Å². The lowest BCUT2D eigenvalue weighted by Crippen LogP contribution is -2.52. The van der Waals surface area contributed by atoms with Crippen molar-refractivity contribution in [3.63, 3.8) is 0 Å². The molecule has 1 N–H and O–H groups in total. The first kappa shape index (κ1) is 19.6. The van der Waals surface area contributed by atoms with Crippen LogP contribution in [0.2, 0.25) is 0 Å². The maximum atomic E-state index is 13.3. The standard InChI is InChI=1S/C20H17F3N2O3/c1-13(26)19(18(27)24-12-14-7-3-2-4-8-14)11-17(25-28-19)15-9-5-6-10-16(15)20(21,22)23/h2-10H,11-12H2,1H3,(H,24,27). The number of amides is 1. The number of ketones is 1. The van der Waals surface area contributed by atoms with Crippen molar-refractivity contribution in [1.29, 1.82) is 0 Å². The molecule has 1 aliphatic rings. The van der Waals surface area contributed by atoms with Crippen LogP contribution in [-0.2, 0) is 27.1 Å². The fraction of sp³-hybridized carbons (Fsp3) is 0.250. The van der Waals surface area contributed by atoms with Crippen LogP contribution in [0.4, 0.5) is 13.2 Å². The van der Waals surface area contributed by atoms with E-state index >= 15 is 0 Å². The van der Waals surface area contributed by atoms with Gasteiger partial charge in [-0.2, -0.15) is 13.2 Å². The normalized spacial score (nSPS) is 18.9. The van der Waals surface area contributed by atoms with E-state index in [4.69, 9.17) is 4.84 Å². The zero-order chi connectivity index (χ0) is 20.4. The Morgan fingerprint density at radius 1 is 1.11 bits per heavy atom. The van der Waals surface area contributed by atoms with Gasteiger partial charge in [0, 0.05) is 12.1 Å². The Morgan fingerprint density at radius 3 is 2.39 bits per heavy atom. The molecule has 1 atom stereocenters. The second-order valence-electron chi connectivity index (χ2n) is 6.40. The van der Waals surface area contributed by atoms with Gasteiger partial charge in [0.05, 0.1) is 17.7 Å². The number of hydrogen-bond donors (Lipinski definition) is 1. The Hall–Kier alpha value is -3.16. The second-order valence-corrected chi connectivity index (χ2v) is 6.40. The van der Waals surface area contributed by atoms with E-state index in [9.17, 15) is 22.8 Å². The van der Waals surface area contributed by atoms with Gasteiger partial charge in [-0.05, 0) is 18.6 Å². The minimum absolute atomic E-state index is 0.0991. The van der Waals surface area contributed by atoms with Crippen molar-refractivity contribution in [3.05, 3.63) is 71.3 Å². The van der Waals surface area contributed by atoms with Crippen LogP contribution < -0.4 is 5.32 Å². The van der Waals surface area contributed by atoms with E-state index in [1.807, 2.05) is 6.07 Å². The fourth-order valence-corrected chi connectivity index (χ4v) is 2.95. The Kier molecular flexibility index (Phi) is 5.22. The zero-order valence-corrected chi connectivity index (χ0v) is 14.9. The summed E-state index contributed by atoms with van der Waals surface area (Å²) in [5.41, 5.74) is -2.40. The number of rotatable bonds is 5. The first-order valence-corrected chi connectivity index (χ1v) is 8.49. The van der Waals surface area contributed by atoms with Gasteiger partial charge in [0.15, 0.2) is 5.78 Å². The van der Waals surface area contributed by atoms with Gasteiger partial charge >= 0.3 is 6.18 Å². The molecule has 0 aliphatic carbocycles. The lowest BCUT2D eigenvalue weighted by Gasteiger charge is -2.22. The van der Waals surface area contributed by atoms with Gasteiger partial charge in [-0.1, -0.05) is 53.7 Å². The molecule has 0 bridgehead atoms. The zero-order valence-electron chi connectivity index (χ0n) is 14.9. The number of carbonyl (C=O) groups excluding carboxylic acids is 2. The molecule has 3 rings (SSSR count). The van der Waals surface area contributed by atoms with Crippen LogP contribution in [0.15, 0.2) is 59.8 Å². The van der Waals surface area contributed by atoms with Crippen molar-refractivity contribution in [1.82, 2.24) is 5.32 Å². The topological polar surface area (TPSA) is 67.8 Å². The van der Waals surface area contributed by atoms with E-state index < -0.39 is 29.0 Å². The van der Waals surface area contributed by atoms with E-state index in [2.05, 4.69) is 10.5 Å². The predicted molar refractivity (Wildman–Crippen MR) is 95.4 cm³/mol. The maximum Gasteiger partial charge on any atom is 0.417 e. The second kappa shape index (κ2) is 7.46. The molecule has 8 heteroatoms.